The lowest BCUT2D eigenvalue weighted by Gasteiger charge is -2.18. The van der Waals surface area contributed by atoms with Crippen molar-refractivity contribution in [3.05, 3.63) is 89.8 Å². The maximum Gasteiger partial charge on any atom is 0.251 e. The van der Waals surface area contributed by atoms with Crippen LogP contribution in [0.15, 0.2) is 67.1 Å². The zero-order valence-corrected chi connectivity index (χ0v) is 17.1. The zero-order chi connectivity index (χ0) is 21.3. The Bertz CT molecular complexity index is 968. The average Bonchev–Trinajstić information content (AvgIpc) is 2.73. The van der Waals surface area contributed by atoms with Crippen LogP contribution in [0.5, 0.6) is 5.75 Å². The van der Waals surface area contributed by atoms with Crippen molar-refractivity contribution in [3.63, 3.8) is 0 Å². The molecule has 0 unspecified atom stereocenters. The summed E-state index contributed by atoms with van der Waals surface area (Å²) >= 11 is 0. The van der Waals surface area contributed by atoms with E-state index in [1.165, 1.54) is 18.2 Å². The van der Waals surface area contributed by atoms with Crippen LogP contribution in [-0.2, 0) is 13.1 Å². The van der Waals surface area contributed by atoms with Gasteiger partial charge in [-0.3, -0.25) is 19.7 Å². The van der Waals surface area contributed by atoms with Crippen molar-refractivity contribution in [2.24, 2.45) is 0 Å². The van der Waals surface area contributed by atoms with Crippen LogP contribution in [0.25, 0.3) is 0 Å². The summed E-state index contributed by atoms with van der Waals surface area (Å²) in [5.74, 6) is -0.0368. The van der Waals surface area contributed by atoms with Gasteiger partial charge in [0.15, 0.2) is 0 Å². The third kappa shape index (κ3) is 6.63. The fraction of sp³-hybridized carbons (Fsp3) is 0.261. The van der Waals surface area contributed by atoms with Crippen LogP contribution in [0.2, 0.25) is 0 Å². The Kier molecular flexibility index (Phi) is 7.45. The molecule has 0 aliphatic carbocycles. The normalized spacial score (nSPS) is 11.9. The van der Waals surface area contributed by atoms with E-state index in [-0.39, 0.29) is 17.6 Å². The minimum absolute atomic E-state index is 0.241. The highest BCUT2D eigenvalue weighted by Gasteiger charge is 2.10. The first-order valence-corrected chi connectivity index (χ1v) is 9.72. The Morgan fingerprint density at radius 3 is 2.77 bits per heavy atom. The SMILES string of the molecule is C[C@H](CNC(=O)c1cccc(F)c1)Oc1cccc(CN(C)Cc2cnccn2)c1. The second kappa shape index (κ2) is 10.5. The molecule has 0 bridgehead atoms. The fourth-order valence-electron chi connectivity index (χ4n) is 3.02. The molecule has 0 saturated carbocycles. The number of rotatable bonds is 9. The number of ether oxygens (including phenoxy) is 1. The van der Waals surface area contributed by atoms with E-state index in [2.05, 4.69) is 20.2 Å². The molecule has 0 aliphatic rings. The van der Waals surface area contributed by atoms with Gasteiger partial charge >= 0.3 is 0 Å². The molecule has 0 radical (unpaired) electrons. The number of aromatic nitrogens is 2. The summed E-state index contributed by atoms with van der Waals surface area (Å²) in [7, 11) is 2.02. The summed E-state index contributed by atoms with van der Waals surface area (Å²) in [5, 5.41) is 2.77. The van der Waals surface area contributed by atoms with Crippen LogP contribution < -0.4 is 10.1 Å². The maximum absolute atomic E-state index is 13.2. The molecular weight excluding hydrogens is 383 g/mol. The van der Waals surface area contributed by atoms with Crippen molar-refractivity contribution >= 4 is 5.91 Å². The molecule has 7 heteroatoms. The molecule has 1 amide bonds. The predicted octanol–water partition coefficient (Wildman–Crippen LogP) is 3.45. The number of carbonyl (C=O) groups is 1. The molecule has 30 heavy (non-hydrogen) atoms. The Morgan fingerprint density at radius 2 is 2.00 bits per heavy atom. The van der Waals surface area contributed by atoms with Crippen molar-refractivity contribution in [3.8, 4) is 5.75 Å². The van der Waals surface area contributed by atoms with Gasteiger partial charge in [-0.2, -0.15) is 0 Å². The lowest BCUT2D eigenvalue weighted by atomic mass is 10.2. The van der Waals surface area contributed by atoms with E-state index in [0.717, 1.165) is 23.6 Å². The second-order valence-electron chi connectivity index (χ2n) is 7.17. The molecule has 0 saturated heterocycles. The highest BCUT2D eigenvalue weighted by molar-refractivity contribution is 5.94. The molecule has 6 nitrogen and oxygen atoms in total. The molecule has 1 aromatic heterocycles. The zero-order valence-electron chi connectivity index (χ0n) is 17.1. The summed E-state index contributed by atoms with van der Waals surface area (Å²) in [4.78, 5) is 22.7. The predicted molar refractivity (Wildman–Crippen MR) is 112 cm³/mol. The molecule has 0 spiro atoms. The maximum atomic E-state index is 13.2. The standard InChI is InChI=1S/C23H25FN4O2/c1-17(13-27-23(29)19-6-4-7-20(24)12-19)30-22-8-3-5-18(11-22)15-28(2)16-21-14-25-9-10-26-21/h3-12,14,17H,13,15-16H2,1-2H3,(H,27,29)/t17-/m1/s1. The summed E-state index contributed by atoms with van der Waals surface area (Å²) in [5.41, 5.74) is 2.31. The van der Waals surface area contributed by atoms with Crippen LogP contribution in [0.1, 0.15) is 28.5 Å². The molecule has 2 aromatic carbocycles. The largest absolute Gasteiger partial charge is 0.489 e. The number of amides is 1. The van der Waals surface area contributed by atoms with Crippen molar-refractivity contribution in [2.45, 2.75) is 26.1 Å². The minimum Gasteiger partial charge on any atom is -0.489 e. The number of nitrogens with one attached hydrogen (secondary N) is 1. The van der Waals surface area contributed by atoms with Gasteiger partial charge in [0.2, 0.25) is 0 Å². The van der Waals surface area contributed by atoms with Gasteiger partial charge in [-0.15, -0.1) is 0 Å². The van der Waals surface area contributed by atoms with E-state index >= 15 is 0 Å². The second-order valence-corrected chi connectivity index (χ2v) is 7.17. The quantitative estimate of drug-likeness (QED) is 0.587. The molecule has 156 valence electrons. The highest BCUT2D eigenvalue weighted by atomic mass is 19.1. The number of nitrogens with zero attached hydrogens (tertiary/aromatic N) is 3. The molecule has 3 rings (SSSR count). The van der Waals surface area contributed by atoms with Crippen LogP contribution >= 0.6 is 0 Å². The van der Waals surface area contributed by atoms with Gasteiger partial charge in [-0.05, 0) is 49.9 Å². The van der Waals surface area contributed by atoms with E-state index < -0.39 is 5.82 Å². The Morgan fingerprint density at radius 1 is 1.17 bits per heavy atom. The third-order valence-corrected chi connectivity index (χ3v) is 4.37. The van der Waals surface area contributed by atoms with Crippen LogP contribution in [-0.4, -0.2) is 40.5 Å². The van der Waals surface area contributed by atoms with Crippen molar-refractivity contribution < 1.29 is 13.9 Å². The van der Waals surface area contributed by atoms with Gasteiger partial charge in [0, 0.05) is 37.2 Å². The number of carbonyl (C=O) groups excluding carboxylic acids is 1. The molecule has 3 aromatic rings. The minimum atomic E-state index is -0.437. The van der Waals surface area contributed by atoms with E-state index in [4.69, 9.17) is 4.74 Å². The number of hydrogen-bond acceptors (Lipinski definition) is 5. The third-order valence-electron chi connectivity index (χ3n) is 4.37. The van der Waals surface area contributed by atoms with Crippen LogP contribution in [0.3, 0.4) is 0 Å². The fourth-order valence-corrected chi connectivity index (χ4v) is 3.02. The topological polar surface area (TPSA) is 67.3 Å². The van der Waals surface area contributed by atoms with Crippen molar-refractivity contribution in [1.29, 1.82) is 0 Å². The molecule has 0 aliphatic heterocycles. The number of halogens is 1. The summed E-state index contributed by atoms with van der Waals surface area (Å²) in [6.07, 6.45) is 4.86. The van der Waals surface area contributed by atoms with Gasteiger partial charge in [0.1, 0.15) is 17.7 Å². The smallest absolute Gasteiger partial charge is 0.251 e. The number of hydrogen-bond donors (Lipinski definition) is 1. The van der Waals surface area contributed by atoms with Gasteiger partial charge in [0.25, 0.3) is 5.91 Å². The average molecular weight is 408 g/mol. The molecule has 1 heterocycles. The van der Waals surface area contributed by atoms with E-state index in [9.17, 15) is 9.18 Å². The summed E-state index contributed by atoms with van der Waals surface area (Å²) in [6, 6.07) is 13.5. The lowest BCUT2D eigenvalue weighted by Crippen LogP contribution is -2.33. The Balaban J connectivity index is 1.49. The highest BCUT2D eigenvalue weighted by Crippen LogP contribution is 2.16. The van der Waals surface area contributed by atoms with Gasteiger partial charge in [-0.25, -0.2) is 4.39 Å². The molecule has 0 fully saturated rings. The first-order chi connectivity index (χ1) is 14.5. The van der Waals surface area contributed by atoms with E-state index in [1.54, 1.807) is 24.7 Å². The first-order valence-electron chi connectivity index (χ1n) is 9.72. The first kappa shape index (κ1) is 21.4. The summed E-state index contributed by atoms with van der Waals surface area (Å²) < 4.78 is 19.2. The van der Waals surface area contributed by atoms with Crippen LogP contribution in [0.4, 0.5) is 4.39 Å². The Hall–Kier alpha value is -3.32. The monoisotopic (exact) mass is 408 g/mol. The molecule has 1 atom stereocenters. The summed E-state index contributed by atoms with van der Waals surface area (Å²) in [6.45, 7) is 3.62. The van der Waals surface area contributed by atoms with Gasteiger partial charge < -0.3 is 10.1 Å². The van der Waals surface area contributed by atoms with Crippen LogP contribution in [0, 0.1) is 5.82 Å². The van der Waals surface area contributed by atoms with Crippen molar-refractivity contribution in [2.75, 3.05) is 13.6 Å². The van der Waals surface area contributed by atoms with E-state index in [1.807, 2.05) is 38.2 Å². The lowest BCUT2D eigenvalue weighted by molar-refractivity contribution is 0.0931. The Labute approximate surface area is 175 Å². The van der Waals surface area contributed by atoms with Crippen molar-refractivity contribution in [1.82, 2.24) is 20.2 Å². The molecule has 1 N–H and O–H groups in total. The number of benzene rings is 2. The van der Waals surface area contributed by atoms with E-state index in [0.29, 0.717) is 13.1 Å². The van der Waals surface area contributed by atoms with Gasteiger partial charge in [0.05, 0.1) is 12.2 Å². The molecular formula is C23H25FN4O2. The van der Waals surface area contributed by atoms with Gasteiger partial charge in [-0.1, -0.05) is 18.2 Å².